The van der Waals surface area contributed by atoms with Gasteiger partial charge < -0.3 is 11.1 Å². The molecule has 3 N–H and O–H groups in total. The van der Waals surface area contributed by atoms with Crippen LogP contribution in [0.15, 0.2) is 30.3 Å². The van der Waals surface area contributed by atoms with Gasteiger partial charge in [0, 0.05) is 23.5 Å². The van der Waals surface area contributed by atoms with Crippen LogP contribution in [0, 0.1) is 6.92 Å². The maximum Gasteiger partial charge on any atom is 0.130 e. The molecule has 2 rings (SSSR count). The molecule has 0 spiro atoms. The van der Waals surface area contributed by atoms with Gasteiger partial charge in [-0.3, -0.25) is 0 Å². The van der Waals surface area contributed by atoms with Gasteiger partial charge in [-0.25, -0.2) is 9.97 Å². The average molecular weight is 256 g/mol. The third-order valence-electron chi connectivity index (χ3n) is 3.05. The molecule has 0 saturated heterocycles. The molecule has 4 nitrogen and oxygen atoms in total. The third-order valence-corrected chi connectivity index (χ3v) is 3.05. The fourth-order valence-electron chi connectivity index (χ4n) is 1.97. The minimum atomic E-state index is 0.180. The molecule has 0 fully saturated rings. The van der Waals surface area contributed by atoms with Gasteiger partial charge in [0.25, 0.3) is 0 Å². The molecule has 0 aliphatic carbocycles. The summed E-state index contributed by atoms with van der Waals surface area (Å²) in [7, 11) is 0. The first-order valence-electron chi connectivity index (χ1n) is 6.55. The summed E-state index contributed by atoms with van der Waals surface area (Å²) in [5, 5.41) is 3.40. The van der Waals surface area contributed by atoms with Crippen LogP contribution in [0.2, 0.25) is 0 Å². The van der Waals surface area contributed by atoms with Crippen molar-refractivity contribution >= 4 is 11.5 Å². The zero-order valence-electron chi connectivity index (χ0n) is 11.6. The standard InChI is InChI=1S/C15H20N4/c1-4-14-9-15(19-11(3)18-14)17-10(2)12-5-7-13(16)8-6-12/h5-10H,4,16H2,1-3H3,(H,17,18,19). The molecule has 1 aromatic carbocycles. The fourth-order valence-corrected chi connectivity index (χ4v) is 1.97. The van der Waals surface area contributed by atoms with E-state index in [0.29, 0.717) is 0 Å². The van der Waals surface area contributed by atoms with Crippen LogP contribution >= 0.6 is 0 Å². The van der Waals surface area contributed by atoms with E-state index < -0.39 is 0 Å². The molecule has 1 atom stereocenters. The summed E-state index contributed by atoms with van der Waals surface area (Å²) in [6, 6.07) is 10.1. The highest BCUT2D eigenvalue weighted by Crippen LogP contribution is 2.19. The quantitative estimate of drug-likeness (QED) is 0.825. The summed E-state index contributed by atoms with van der Waals surface area (Å²) >= 11 is 0. The van der Waals surface area contributed by atoms with Crippen molar-refractivity contribution in [1.29, 1.82) is 0 Å². The first kappa shape index (κ1) is 13.3. The summed E-state index contributed by atoms with van der Waals surface area (Å²) in [5.74, 6) is 1.67. The van der Waals surface area contributed by atoms with Crippen LogP contribution in [-0.2, 0) is 6.42 Å². The van der Waals surface area contributed by atoms with E-state index in [1.165, 1.54) is 5.56 Å². The van der Waals surface area contributed by atoms with E-state index in [2.05, 4.69) is 29.1 Å². The number of nitrogen functional groups attached to an aromatic ring is 1. The maximum atomic E-state index is 5.70. The topological polar surface area (TPSA) is 63.8 Å². The van der Waals surface area contributed by atoms with Gasteiger partial charge >= 0.3 is 0 Å². The Bertz CT molecular complexity index is 549. The van der Waals surface area contributed by atoms with Crippen LogP contribution in [0.25, 0.3) is 0 Å². The van der Waals surface area contributed by atoms with Crippen LogP contribution < -0.4 is 11.1 Å². The van der Waals surface area contributed by atoms with Gasteiger partial charge in [-0.1, -0.05) is 19.1 Å². The number of benzene rings is 1. The highest BCUT2D eigenvalue weighted by atomic mass is 15.0. The van der Waals surface area contributed by atoms with Gasteiger partial charge in [-0.15, -0.1) is 0 Å². The largest absolute Gasteiger partial charge is 0.399 e. The SMILES string of the molecule is CCc1cc(NC(C)c2ccc(N)cc2)nc(C)n1. The Kier molecular flexibility index (Phi) is 4.00. The van der Waals surface area contributed by atoms with Gasteiger partial charge in [0.05, 0.1) is 0 Å². The van der Waals surface area contributed by atoms with Crippen molar-refractivity contribution in [2.45, 2.75) is 33.2 Å². The van der Waals surface area contributed by atoms with E-state index >= 15 is 0 Å². The highest BCUT2D eigenvalue weighted by Gasteiger charge is 2.07. The van der Waals surface area contributed by atoms with E-state index in [9.17, 15) is 0 Å². The van der Waals surface area contributed by atoms with E-state index in [-0.39, 0.29) is 6.04 Å². The van der Waals surface area contributed by atoms with Crippen molar-refractivity contribution in [2.24, 2.45) is 0 Å². The third kappa shape index (κ3) is 3.44. The van der Waals surface area contributed by atoms with Crippen LogP contribution in [0.5, 0.6) is 0 Å². The molecule has 19 heavy (non-hydrogen) atoms. The molecule has 0 radical (unpaired) electrons. The fraction of sp³-hybridized carbons (Fsp3) is 0.333. The van der Waals surface area contributed by atoms with Crippen molar-refractivity contribution in [2.75, 3.05) is 11.1 Å². The second-order valence-corrected chi connectivity index (χ2v) is 4.68. The van der Waals surface area contributed by atoms with E-state index in [1.807, 2.05) is 37.3 Å². The Balaban J connectivity index is 2.16. The molecule has 0 bridgehead atoms. The van der Waals surface area contributed by atoms with Crippen LogP contribution in [-0.4, -0.2) is 9.97 Å². The maximum absolute atomic E-state index is 5.70. The minimum Gasteiger partial charge on any atom is -0.399 e. The van der Waals surface area contributed by atoms with E-state index in [1.54, 1.807) is 0 Å². The average Bonchev–Trinajstić information content (AvgIpc) is 2.38. The normalized spacial score (nSPS) is 12.2. The molecule has 1 unspecified atom stereocenters. The lowest BCUT2D eigenvalue weighted by Crippen LogP contribution is -2.09. The molecule has 0 aliphatic rings. The minimum absolute atomic E-state index is 0.180. The van der Waals surface area contributed by atoms with Crippen molar-refractivity contribution in [1.82, 2.24) is 9.97 Å². The van der Waals surface area contributed by atoms with Crippen molar-refractivity contribution in [3.8, 4) is 0 Å². The molecular weight excluding hydrogens is 236 g/mol. The van der Waals surface area contributed by atoms with Gasteiger partial charge in [-0.2, -0.15) is 0 Å². The number of nitrogens with zero attached hydrogens (tertiary/aromatic N) is 2. The number of aryl methyl sites for hydroxylation is 2. The van der Waals surface area contributed by atoms with Gasteiger partial charge in [0.1, 0.15) is 11.6 Å². The second-order valence-electron chi connectivity index (χ2n) is 4.68. The predicted octanol–water partition coefficient (Wildman–Crippen LogP) is 3.10. The molecule has 1 heterocycles. The number of aromatic nitrogens is 2. The molecule has 2 aromatic rings. The summed E-state index contributed by atoms with van der Waals surface area (Å²) in [5.41, 5.74) is 8.71. The Morgan fingerprint density at radius 2 is 1.89 bits per heavy atom. The Morgan fingerprint density at radius 3 is 2.53 bits per heavy atom. The zero-order valence-corrected chi connectivity index (χ0v) is 11.6. The summed E-state index contributed by atoms with van der Waals surface area (Å²) in [6.07, 6.45) is 0.911. The first-order chi connectivity index (χ1) is 9.08. The number of hydrogen-bond acceptors (Lipinski definition) is 4. The predicted molar refractivity (Wildman–Crippen MR) is 79.0 cm³/mol. The molecule has 4 heteroatoms. The van der Waals surface area contributed by atoms with Crippen molar-refractivity contribution in [3.05, 3.63) is 47.4 Å². The number of anilines is 2. The molecule has 1 aromatic heterocycles. The summed E-state index contributed by atoms with van der Waals surface area (Å²) in [4.78, 5) is 8.79. The van der Waals surface area contributed by atoms with E-state index in [0.717, 1.165) is 29.4 Å². The lowest BCUT2D eigenvalue weighted by molar-refractivity contribution is 0.858. The smallest absolute Gasteiger partial charge is 0.130 e. The van der Waals surface area contributed by atoms with Crippen LogP contribution in [0.4, 0.5) is 11.5 Å². The number of nitrogens with one attached hydrogen (secondary N) is 1. The van der Waals surface area contributed by atoms with E-state index in [4.69, 9.17) is 5.73 Å². The number of nitrogens with two attached hydrogens (primary N) is 1. The van der Waals surface area contributed by atoms with Gasteiger partial charge in [0.2, 0.25) is 0 Å². The van der Waals surface area contributed by atoms with Gasteiger partial charge in [0.15, 0.2) is 0 Å². The Labute approximate surface area is 114 Å². The number of hydrogen-bond donors (Lipinski definition) is 2. The first-order valence-corrected chi connectivity index (χ1v) is 6.55. The van der Waals surface area contributed by atoms with Crippen LogP contribution in [0.1, 0.15) is 37.0 Å². The van der Waals surface area contributed by atoms with Gasteiger partial charge in [-0.05, 0) is 38.0 Å². The Morgan fingerprint density at radius 1 is 1.21 bits per heavy atom. The monoisotopic (exact) mass is 256 g/mol. The lowest BCUT2D eigenvalue weighted by atomic mass is 10.1. The molecular formula is C15H20N4. The summed E-state index contributed by atoms with van der Waals surface area (Å²) in [6.45, 7) is 6.11. The lowest BCUT2D eigenvalue weighted by Gasteiger charge is -2.16. The summed E-state index contributed by atoms with van der Waals surface area (Å²) < 4.78 is 0. The Hall–Kier alpha value is -2.10. The molecule has 0 saturated carbocycles. The molecule has 0 amide bonds. The molecule has 0 aliphatic heterocycles. The highest BCUT2D eigenvalue weighted by molar-refractivity contribution is 5.43. The zero-order chi connectivity index (χ0) is 13.8. The molecule has 100 valence electrons. The second kappa shape index (κ2) is 5.69. The van der Waals surface area contributed by atoms with Crippen molar-refractivity contribution < 1.29 is 0 Å². The van der Waals surface area contributed by atoms with Crippen LogP contribution in [0.3, 0.4) is 0 Å². The van der Waals surface area contributed by atoms with Crippen molar-refractivity contribution in [3.63, 3.8) is 0 Å². The number of rotatable bonds is 4.